The lowest BCUT2D eigenvalue weighted by Gasteiger charge is -2.35. The molecule has 0 unspecified atom stereocenters. The standard InChI is InChI=1S/C19H21FN6O/c20-16-3-1-15(2-4-16)13-26-19(21-22-23-26)14-24-9-11-25(12-10-24)17-5-7-18(27)8-6-17/h1-8,27H,9-14H2. The van der Waals surface area contributed by atoms with Crippen LogP contribution in [0.15, 0.2) is 48.5 Å². The first kappa shape index (κ1) is 17.4. The van der Waals surface area contributed by atoms with Gasteiger partial charge < -0.3 is 10.0 Å². The highest BCUT2D eigenvalue weighted by Crippen LogP contribution is 2.20. The van der Waals surface area contributed by atoms with Crippen molar-refractivity contribution >= 4 is 5.69 Å². The Kier molecular flexibility index (Phi) is 4.97. The first-order valence-electron chi connectivity index (χ1n) is 8.93. The van der Waals surface area contributed by atoms with E-state index < -0.39 is 0 Å². The molecule has 1 aromatic heterocycles. The Morgan fingerprint density at radius 2 is 1.59 bits per heavy atom. The van der Waals surface area contributed by atoms with Gasteiger partial charge >= 0.3 is 0 Å². The van der Waals surface area contributed by atoms with Gasteiger partial charge in [-0.25, -0.2) is 9.07 Å². The fourth-order valence-corrected chi connectivity index (χ4v) is 3.25. The molecule has 8 heteroatoms. The number of halogens is 1. The number of tetrazole rings is 1. The molecule has 140 valence electrons. The highest BCUT2D eigenvalue weighted by molar-refractivity contribution is 5.49. The maximum absolute atomic E-state index is 13.1. The van der Waals surface area contributed by atoms with Crippen LogP contribution in [0, 0.1) is 5.82 Å². The number of aromatic hydroxyl groups is 1. The van der Waals surface area contributed by atoms with Crippen LogP contribution >= 0.6 is 0 Å². The Hall–Kier alpha value is -3.00. The minimum Gasteiger partial charge on any atom is -0.508 e. The number of benzene rings is 2. The lowest BCUT2D eigenvalue weighted by Crippen LogP contribution is -2.46. The Morgan fingerprint density at radius 1 is 0.889 bits per heavy atom. The van der Waals surface area contributed by atoms with Crippen molar-refractivity contribution < 1.29 is 9.50 Å². The molecule has 0 aliphatic carbocycles. The summed E-state index contributed by atoms with van der Waals surface area (Å²) >= 11 is 0. The summed E-state index contributed by atoms with van der Waals surface area (Å²) in [4.78, 5) is 4.63. The third kappa shape index (κ3) is 4.22. The molecule has 1 aliphatic rings. The van der Waals surface area contributed by atoms with Crippen molar-refractivity contribution in [3.63, 3.8) is 0 Å². The minimum atomic E-state index is -0.248. The third-order valence-corrected chi connectivity index (χ3v) is 4.80. The van der Waals surface area contributed by atoms with E-state index in [9.17, 15) is 9.50 Å². The van der Waals surface area contributed by atoms with Gasteiger partial charge in [0, 0.05) is 31.9 Å². The van der Waals surface area contributed by atoms with E-state index >= 15 is 0 Å². The van der Waals surface area contributed by atoms with Crippen LogP contribution in [-0.4, -0.2) is 56.4 Å². The molecule has 3 aromatic rings. The number of hydrogen-bond acceptors (Lipinski definition) is 6. The van der Waals surface area contributed by atoms with Crippen molar-refractivity contribution in [3.8, 4) is 5.75 Å². The van der Waals surface area contributed by atoms with E-state index in [4.69, 9.17) is 0 Å². The van der Waals surface area contributed by atoms with Crippen molar-refractivity contribution in [3.05, 3.63) is 65.7 Å². The molecule has 1 fully saturated rings. The van der Waals surface area contributed by atoms with Gasteiger partial charge in [0.1, 0.15) is 11.6 Å². The number of nitrogens with zero attached hydrogens (tertiary/aromatic N) is 6. The van der Waals surface area contributed by atoms with Crippen molar-refractivity contribution in [2.24, 2.45) is 0 Å². The van der Waals surface area contributed by atoms with Crippen LogP contribution in [0.3, 0.4) is 0 Å². The number of piperazine rings is 1. The van der Waals surface area contributed by atoms with E-state index in [1.165, 1.54) is 12.1 Å². The summed E-state index contributed by atoms with van der Waals surface area (Å²) in [6.07, 6.45) is 0. The molecule has 0 spiro atoms. The van der Waals surface area contributed by atoms with Gasteiger partial charge in [0.25, 0.3) is 0 Å². The van der Waals surface area contributed by atoms with Crippen LogP contribution in [-0.2, 0) is 13.1 Å². The minimum absolute atomic E-state index is 0.248. The van der Waals surface area contributed by atoms with Crippen molar-refractivity contribution in [1.82, 2.24) is 25.1 Å². The van der Waals surface area contributed by atoms with Crippen LogP contribution in [0.25, 0.3) is 0 Å². The van der Waals surface area contributed by atoms with Gasteiger partial charge in [-0.2, -0.15) is 0 Å². The van der Waals surface area contributed by atoms with E-state index in [1.807, 2.05) is 12.1 Å². The highest BCUT2D eigenvalue weighted by Gasteiger charge is 2.19. The van der Waals surface area contributed by atoms with Crippen molar-refractivity contribution in [2.75, 3.05) is 31.1 Å². The fraction of sp³-hybridized carbons (Fsp3) is 0.316. The van der Waals surface area contributed by atoms with E-state index in [0.717, 1.165) is 43.3 Å². The molecule has 1 N–H and O–H groups in total. The Balaban J connectivity index is 1.35. The number of phenols is 1. The number of rotatable bonds is 5. The lowest BCUT2D eigenvalue weighted by molar-refractivity contribution is 0.240. The molecule has 1 saturated heterocycles. The van der Waals surface area contributed by atoms with Gasteiger partial charge in [-0.1, -0.05) is 12.1 Å². The molecular weight excluding hydrogens is 347 g/mol. The molecule has 0 amide bonds. The zero-order valence-electron chi connectivity index (χ0n) is 14.9. The van der Waals surface area contributed by atoms with Gasteiger partial charge in [-0.05, 0) is 52.4 Å². The van der Waals surface area contributed by atoms with Gasteiger partial charge in [0.2, 0.25) is 0 Å². The zero-order chi connectivity index (χ0) is 18.6. The third-order valence-electron chi connectivity index (χ3n) is 4.80. The molecule has 0 atom stereocenters. The van der Waals surface area contributed by atoms with Crippen molar-refractivity contribution in [1.29, 1.82) is 0 Å². The maximum atomic E-state index is 13.1. The Morgan fingerprint density at radius 3 is 2.30 bits per heavy atom. The predicted octanol–water partition coefficient (Wildman–Crippen LogP) is 1.89. The molecule has 0 saturated carbocycles. The summed E-state index contributed by atoms with van der Waals surface area (Å²) < 4.78 is 14.8. The predicted molar refractivity (Wildman–Crippen MR) is 98.9 cm³/mol. The van der Waals surface area contributed by atoms with Gasteiger partial charge in [-0.3, -0.25) is 4.90 Å². The Labute approximate surface area is 156 Å². The monoisotopic (exact) mass is 368 g/mol. The molecule has 1 aliphatic heterocycles. The topological polar surface area (TPSA) is 70.3 Å². The smallest absolute Gasteiger partial charge is 0.165 e. The van der Waals surface area contributed by atoms with E-state index in [1.54, 1.807) is 28.9 Å². The second kappa shape index (κ2) is 7.71. The summed E-state index contributed by atoms with van der Waals surface area (Å²) in [7, 11) is 0. The molecule has 4 rings (SSSR count). The molecular formula is C19H21FN6O. The van der Waals surface area contributed by atoms with Crippen molar-refractivity contribution in [2.45, 2.75) is 13.1 Å². The molecule has 27 heavy (non-hydrogen) atoms. The van der Waals surface area contributed by atoms with Crippen LogP contribution in [0.5, 0.6) is 5.75 Å². The molecule has 0 radical (unpaired) electrons. The summed E-state index contributed by atoms with van der Waals surface area (Å²) in [5.41, 5.74) is 2.08. The average molecular weight is 368 g/mol. The van der Waals surface area contributed by atoms with E-state index in [-0.39, 0.29) is 11.6 Å². The number of phenolic OH excluding ortho intramolecular Hbond substituents is 1. The number of hydrogen-bond donors (Lipinski definition) is 1. The molecule has 7 nitrogen and oxygen atoms in total. The Bertz CT molecular complexity index is 872. The number of anilines is 1. The second-order valence-electron chi connectivity index (χ2n) is 6.66. The van der Waals surface area contributed by atoms with Crippen LogP contribution < -0.4 is 4.90 Å². The summed E-state index contributed by atoms with van der Waals surface area (Å²) in [5.74, 6) is 0.838. The molecule has 2 aromatic carbocycles. The van der Waals surface area contributed by atoms with Gasteiger partial charge in [0.05, 0.1) is 13.1 Å². The van der Waals surface area contributed by atoms with Crippen LogP contribution in [0.1, 0.15) is 11.4 Å². The first-order chi connectivity index (χ1) is 13.2. The first-order valence-corrected chi connectivity index (χ1v) is 8.93. The SMILES string of the molecule is Oc1ccc(N2CCN(Cc3nnnn3Cc3ccc(F)cc3)CC2)cc1. The zero-order valence-corrected chi connectivity index (χ0v) is 14.9. The van der Waals surface area contributed by atoms with Crippen LogP contribution in [0.4, 0.5) is 10.1 Å². The molecule has 2 heterocycles. The van der Waals surface area contributed by atoms with Gasteiger partial charge in [0.15, 0.2) is 5.82 Å². The highest BCUT2D eigenvalue weighted by atomic mass is 19.1. The quantitative estimate of drug-likeness (QED) is 0.742. The summed E-state index contributed by atoms with van der Waals surface area (Å²) in [6, 6.07) is 13.7. The average Bonchev–Trinajstić information content (AvgIpc) is 3.12. The number of aromatic nitrogens is 4. The fourth-order valence-electron chi connectivity index (χ4n) is 3.25. The largest absolute Gasteiger partial charge is 0.508 e. The van der Waals surface area contributed by atoms with Crippen LogP contribution in [0.2, 0.25) is 0 Å². The lowest BCUT2D eigenvalue weighted by atomic mass is 10.2. The molecule has 0 bridgehead atoms. The second-order valence-corrected chi connectivity index (χ2v) is 6.66. The maximum Gasteiger partial charge on any atom is 0.165 e. The van der Waals surface area contributed by atoms with E-state index in [0.29, 0.717) is 13.1 Å². The summed E-state index contributed by atoms with van der Waals surface area (Å²) in [6.45, 7) is 4.83. The normalized spacial score (nSPS) is 15.2. The summed E-state index contributed by atoms with van der Waals surface area (Å²) in [5, 5.41) is 21.4. The van der Waals surface area contributed by atoms with E-state index in [2.05, 4.69) is 25.3 Å². The van der Waals surface area contributed by atoms with Gasteiger partial charge in [-0.15, -0.1) is 5.10 Å².